The number of thiophene rings is 1. The van der Waals surface area contributed by atoms with E-state index in [1.807, 2.05) is 48.5 Å². The first-order valence-corrected chi connectivity index (χ1v) is 19.8. The standard InChI is InChI=1S/C36H29NO3S.C7H9NO3S/c38-36(40-23-24-7-2-1-3-8-24)37(39)29-11-6-10-27(22-29)34-19-20-35(41-34)28-15-16-31-26(21-28)14-18-32-30-12-5-4-9-25(30)13-17-33(31)32;8-7(9)5-6-3-1-2-4-12(6,10)11/h1-12,14,18-22,39H,13,15-17,23H2;1-4,6H,5H2,(H2,8,9). The van der Waals surface area contributed by atoms with Crippen molar-refractivity contribution in [1.29, 1.82) is 0 Å². The maximum absolute atomic E-state index is 12.5. The lowest BCUT2D eigenvalue weighted by Crippen LogP contribution is -2.27. The highest BCUT2D eigenvalue weighted by Crippen LogP contribution is 2.42. The molecule has 10 heteroatoms. The van der Waals surface area contributed by atoms with Gasteiger partial charge in [-0.15, -0.1) is 11.3 Å². The highest BCUT2D eigenvalue weighted by atomic mass is 32.2. The molecule has 268 valence electrons. The van der Waals surface area contributed by atoms with Gasteiger partial charge < -0.3 is 10.5 Å². The zero-order valence-corrected chi connectivity index (χ0v) is 30.5. The Morgan fingerprint density at radius 2 is 1.58 bits per heavy atom. The van der Waals surface area contributed by atoms with E-state index in [0.29, 0.717) is 10.8 Å². The Balaban J connectivity index is 0.000000310. The number of rotatable bonds is 7. The molecule has 0 radical (unpaired) electrons. The van der Waals surface area contributed by atoms with E-state index < -0.39 is 27.1 Å². The summed E-state index contributed by atoms with van der Waals surface area (Å²) in [6, 6.07) is 34.5. The first kappa shape index (κ1) is 35.8. The molecule has 5 aromatic rings. The van der Waals surface area contributed by atoms with Crippen molar-refractivity contribution in [3.8, 4) is 21.6 Å². The number of hydroxylamine groups is 1. The van der Waals surface area contributed by atoms with Gasteiger partial charge in [0.15, 0.2) is 9.84 Å². The van der Waals surface area contributed by atoms with E-state index in [1.165, 1.54) is 56.0 Å². The number of ether oxygens (including phenoxy) is 1. The van der Waals surface area contributed by atoms with Gasteiger partial charge in [-0.3, -0.25) is 10.0 Å². The van der Waals surface area contributed by atoms with Crippen molar-refractivity contribution in [3.63, 3.8) is 0 Å². The second-order valence-corrected chi connectivity index (χ2v) is 16.2. The van der Waals surface area contributed by atoms with Crippen LogP contribution in [0.25, 0.3) is 33.2 Å². The minimum atomic E-state index is -3.29. The molecule has 8 nitrogen and oxygen atoms in total. The summed E-state index contributed by atoms with van der Waals surface area (Å²) in [4.78, 5) is 25.3. The molecule has 53 heavy (non-hydrogen) atoms. The lowest BCUT2D eigenvalue weighted by Gasteiger charge is -2.26. The summed E-state index contributed by atoms with van der Waals surface area (Å²) < 4.78 is 27.6. The minimum absolute atomic E-state index is 0.0963. The van der Waals surface area contributed by atoms with Crippen molar-refractivity contribution in [1.82, 2.24) is 0 Å². The number of fused-ring (bicyclic) bond motifs is 5. The summed E-state index contributed by atoms with van der Waals surface area (Å²) >= 11 is 1.74. The van der Waals surface area contributed by atoms with Crippen LogP contribution >= 0.6 is 11.3 Å². The number of carbonyl (C=O) groups is 2. The molecule has 2 aliphatic carbocycles. The molecule has 3 N–H and O–H groups in total. The largest absolute Gasteiger partial charge is 0.443 e. The highest BCUT2D eigenvalue weighted by Gasteiger charge is 2.25. The Kier molecular flexibility index (Phi) is 10.5. The Hall–Kier alpha value is -5.55. The summed E-state index contributed by atoms with van der Waals surface area (Å²) in [5.41, 5.74) is 17.0. The number of anilines is 1. The average molecular weight is 743 g/mol. The van der Waals surface area contributed by atoms with Crippen LogP contribution in [-0.4, -0.2) is 30.9 Å². The smallest absolute Gasteiger partial charge is 0.438 e. The van der Waals surface area contributed by atoms with E-state index in [0.717, 1.165) is 47.1 Å². The topological polar surface area (TPSA) is 127 Å². The van der Waals surface area contributed by atoms with Gasteiger partial charge in [0.25, 0.3) is 0 Å². The molecule has 0 saturated carbocycles. The van der Waals surface area contributed by atoms with Crippen molar-refractivity contribution in [2.45, 2.75) is 44.0 Å². The second kappa shape index (κ2) is 15.6. The molecule has 2 amide bonds. The summed E-state index contributed by atoms with van der Waals surface area (Å²) in [5.74, 6) is -0.608. The van der Waals surface area contributed by atoms with Gasteiger partial charge in [0, 0.05) is 21.6 Å². The molecule has 0 fully saturated rings. The Bertz CT molecular complexity index is 2380. The molecule has 0 bridgehead atoms. The van der Waals surface area contributed by atoms with Gasteiger partial charge in [0.2, 0.25) is 5.91 Å². The van der Waals surface area contributed by atoms with Crippen molar-refractivity contribution in [2.24, 2.45) is 5.73 Å². The van der Waals surface area contributed by atoms with Crippen LogP contribution in [0.2, 0.25) is 0 Å². The van der Waals surface area contributed by atoms with Crippen LogP contribution in [-0.2, 0) is 45.2 Å². The molecule has 1 aliphatic heterocycles. The maximum Gasteiger partial charge on any atom is 0.438 e. The quantitative estimate of drug-likeness (QED) is 0.127. The number of sulfone groups is 1. The highest BCUT2D eigenvalue weighted by molar-refractivity contribution is 7.95. The van der Waals surface area contributed by atoms with Gasteiger partial charge in [-0.2, -0.15) is 5.06 Å². The maximum atomic E-state index is 12.5. The molecule has 4 aromatic carbocycles. The van der Waals surface area contributed by atoms with E-state index >= 15 is 0 Å². The fourth-order valence-corrected chi connectivity index (χ4v) is 9.20. The number of amides is 2. The number of nitrogens with two attached hydrogens (primary N) is 1. The summed E-state index contributed by atoms with van der Waals surface area (Å²) in [7, 11) is -3.29. The number of nitrogens with zero attached hydrogens (tertiary/aromatic N) is 1. The zero-order chi connectivity index (χ0) is 37.0. The molecule has 8 rings (SSSR count). The number of hydrogen-bond donors (Lipinski definition) is 2. The zero-order valence-electron chi connectivity index (χ0n) is 28.9. The fourth-order valence-electron chi connectivity index (χ4n) is 6.93. The molecule has 3 aliphatic rings. The average Bonchev–Trinajstić information content (AvgIpc) is 3.68. The number of allylic oxidation sites excluding steroid dienone is 3. The molecular formula is C43H38N2O6S2. The summed E-state index contributed by atoms with van der Waals surface area (Å²) in [6.07, 6.45) is 10.2. The van der Waals surface area contributed by atoms with Gasteiger partial charge in [-0.1, -0.05) is 103 Å². The fraction of sp³-hybridized carbons (Fsp3) is 0.163. The van der Waals surface area contributed by atoms with E-state index in [4.69, 9.17) is 10.5 Å². The van der Waals surface area contributed by atoms with Crippen LogP contribution in [0.15, 0.2) is 127 Å². The van der Waals surface area contributed by atoms with E-state index in [2.05, 4.69) is 54.6 Å². The minimum Gasteiger partial charge on any atom is -0.443 e. The van der Waals surface area contributed by atoms with Gasteiger partial charge in [0.05, 0.1) is 10.9 Å². The molecule has 1 aromatic heterocycles. The molecule has 2 heterocycles. The van der Waals surface area contributed by atoms with Crippen molar-refractivity contribution >= 4 is 50.5 Å². The number of carbonyl (C=O) groups excluding carboxylic acids is 2. The monoisotopic (exact) mass is 742 g/mol. The Morgan fingerprint density at radius 1 is 0.811 bits per heavy atom. The lowest BCUT2D eigenvalue weighted by molar-refractivity contribution is -0.117. The van der Waals surface area contributed by atoms with Crippen LogP contribution in [0.3, 0.4) is 0 Å². The second-order valence-electron chi connectivity index (χ2n) is 13.1. The van der Waals surface area contributed by atoms with Gasteiger partial charge in [0.1, 0.15) is 6.61 Å². The summed E-state index contributed by atoms with van der Waals surface area (Å²) in [5, 5.41) is 11.4. The van der Waals surface area contributed by atoms with E-state index in [-0.39, 0.29) is 13.0 Å². The van der Waals surface area contributed by atoms with Crippen molar-refractivity contribution < 1.29 is 28.0 Å². The Morgan fingerprint density at radius 3 is 2.40 bits per heavy atom. The van der Waals surface area contributed by atoms with E-state index in [1.54, 1.807) is 23.5 Å². The van der Waals surface area contributed by atoms with Crippen LogP contribution in [0.5, 0.6) is 0 Å². The van der Waals surface area contributed by atoms with Gasteiger partial charge in [-0.05, 0) is 100 Å². The molecular weight excluding hydrogens is 705 g/mol. The number of hydrogen-bond acceptors (Lipinski definition) is 7. The first-order chi connectivity index (χ1) is 25.7. The third-order valence-electron chi connectivity index (χ3n) is 9.60. The van der Waals surface area contributed by atoms with Crippen LogP contribution in [0, 0.1) is 0 Å². The van der Waals surface area contributed by atoms with Crippen LogP contribution < -0.4 is 10.8 Å². The van der Waals surface area contributed by atoms with Crippen LogP contribution in [0.4, 0.5) is 10.5 Å². The van der Waals surface area contributed by atoms with Gasteiger partial charge in [-0.25, -0.2) is 13.2 Å². The molecule has 1 unspecified atom stereocenters. The number of aryl methyl sites for hydroxylation is 1. The third-order valence-corrected chi connectivity index (χ3v) is 12.5. The number of primary amides is 1. The third kappa shape index (κ3) is 8.10. The first-order valence-electron chi connectivity index (χ1n) is 17.4. The molecule has 0 spiro atoms. The van der Waals surface area contributed by atoms with Gasteiger partial charge >= 0.3 is 6.09 Å². The molecule has 1 atom stereocenters. The van der Waals surface area contributed by atoms with Crippen molar-refractivity contribution in [3.05, 3.63) is 159 Å². The van der Waals surface area contributed by atoms with Crippen LogP contribution in [0.1, 0.15) is 45.5 Å². The predicted molar refractivity (Wildman–Crippen MR) is 211 cm³/mol. The lowest BCUT2D eigenvalue weighted by atomic mass is 9.78. The SMILES string of the molecule is NC(=O)CC1C=CC=CS1(=O)=O.O=C(OCc1ccccc1)N(O)c1cccc(-c2ccc(C3=Cc4ccc5c(c4CC3)CCc3ccccc3-5)s2)c1. The number of benzene rings is 4. The normalized spacial score (nSPS) is 16.2. The van der Waals surface area contributed by atoms with Crippen molar-refractivity contribution in [2.75, 3.05) is 5.06 Å². The predicted octanol–water partition coefficient (Wildman–Crippen LogP) is 8.93. The van der Waals surface area contributed by atoms with E-state index in [9.17, 15) is 23.2 Å². The summed E-state index contributed by atoms with van der Waals surface area (Å²) in [6.45, 7) is 0.0963. The Labute approximate surface area is 313 Å². The molecule has 0 saturated heterocycles.